The fourth-order valence-electron chi connectivity index (χ4n) is 2.17. The fraction of sp³-hybridized carbons (Fsp3) is 0.462. The number of hydrogen-bond acceptors (Lipinski definition) is 2. The molecule has 0 unspecified atom stereocenters. The molecule has 0 radical (unpaired) electrons. The largest absolute Gasteiger partial charge is 0.336 e. The van der Waals surface area contributed by atoms with E-state index in [0.717, 1.165) is 28.6 Å². The predicted octanol–water partition coefficient (Wildman–Crippen LogP) is 3.04. The molecule has 1 aromatic rings. The van der Waals surface area contributed by atoms with Gasteiger partial charge in [-0.15, -0.1) is 0 Å². The molecule has 2 rings (SSSR count). The SMILES string of the molecule is CC1(C)CN(C(=O)c2cc(Br)cc(Br)c2)CCN1. The van der Waals surface area contributed by atoms with Crippen molar-refractivity contribution in [3.63, 3.8) is 0 Å². The summed E-state index contributed by atoms with van der Waals surface area (Å²) in [5.41, 5.74) is 0.700. The van der Waals surface area contributed by atoms with Crippen LogP contribution in [0, 0.1) is 0 Å². The Bertz CT molecular complexity index is 454. The molecule has 1 aromatic carbocycles. The molecule has 1 aliphatic heterocycles. The van der Waals surface area contributed by atoms with E-state index in [9.17, 15) is 4.79 Å². The van der Waals surface area contributed by atoms with Gasteiger partial charge in [0, 0.05) is 39.7 Å². The first kappa shape index (κ1) is 14.0. The fourth-order valence-corrected chi connectivity index (χ4v) is 3.47. The number of hydrogen-bond donors (Lipinski definition) is 1. The third-order valence-corrected chi connectivity index (χ3v) is 3.88. The van der Waals surface area contributed by atoms with Crippen LogP contribution in [0.4, 0.5) is 0 Å². The van der Waals surface area contributed by atoms with Crippen LogP contribution in [0.1, 0.15) is 24.2 Å². The molecule has 1 fully saturated rings. The zero-order chi connectivity index (χ0) is 13.3. The van der Waals surface area contributed by atoms with Crippen molar-refractivity contribution in [3.8, 4) is 0 Å². The van der Waals surface area contributed by atoms with Crippen LogP contribution in [0.15, 0.2) is 27.1 Å². The summed E-state index contributed by atoms with van der Waals surface area (Å²) in [4.78, 5) is 14.4. The van der Waals surface area contributed by atoms with E-state index in [0.29, 0.717) is 5.56 Å². The van der Waals surface area contributed by atoms with E-state index in [1.807, 2.05) is 23.1 Å². The number of benzene rings is 1. The molecule has 98 valence electrons. The molecule has 0 bridgehead atoms. The summed E-state index contributed by atoms with van der Waals surface area (Å²) < 4.78 is 1.82. The Balaban J connectivity index is 2.20. The van der Waals surface area contributed by atoms with Crippen molar-refractivity contribution in [2.24, 2.45) is 0 Å². The molecule has 0 spiro atoms. The highest BCUT2D eigenvalue weighted by molar-refractivity contribution is 9.11. The zero-order valence-electron chi connectivity index (χ0n) is 10.5. The van der Waals surface area contributed by atoms with E-state index < -0.39 is 0 Å². The number of amides is 1. The Morgan fingerprint density at radius 3 is 2.44 bits per heavy atom. The third-order valence-electron chi connectivity index (χ3n) is 2.97. The maximum absolute atomic E-state index is 12.4. The van der Waals surface area contributed by atoms with Gasteiger partial charge in [-0.05, 0) is 32.0 Å². The summed E-state index contributed by atoms with van der Waals surface area (Å²) in [6, 6.07) is 5.66. The Kier molecular flexibility index (Phi) is 4.14. The predicted molar refractivity (Wildman–Crippen MR) is 79.8 cm³/mol. The summed E-state index contributed by atoms with van der Waals surface area (Å²) >= 11 is 6.83. The van der Waals surface area contributed by atoms with E-state index in [2.05, 4.69) is 51.0 Å². The number of carbonyl (C=O) groups excluding carboxylic acids is 1. The third kappa shape index (κ3) is 3.33. The van der Waals surface area contributed by atoms with E-state index in [1.165, 1.54) is 0 Å². The highest BCUT2D eigenvalue weighted by Crippen LogP contribution is 2.22. The van der Waals surface area contributed by atoms with Crippen molar-refractivity contribution in [3.05, 3.63) is 32.7 Å². The summed E-state index contributed by atoms with van der Waals surface area (Å²) in [6.45, 7) is 6.56. The van der Waals surface area contributed by atoms with Crippen LogP contribution >= 0.6 is 31.9 Å². The first-order valence-electron chi connectivity index (χ1n) is 5.88. The van der Waals surface area contributed by atoms with Crippen molar-refractivity contribution < 1.29 is 4.79 Å². The van der Waals surface area contributed by atoms with Crippen molar-refractivity contribution >= 4 is 37.8 Å². The minimum atomic E-state index is -0.0167. The number of nitrogens with one attached hydrogen (secondary N) is 1. The van der Waals surface area contributed by atoms with E-state index >= 15 is 0 Å². The van der Waals surface area contributed by atoms with Crippen LogP contribution in [-0.2, 0) is 0 Å². The van der Waals surface area contributed by atoms with E-state index in [1.54, 1.807) is 0 Å². The Morgan fingerprint density at radius 2 is 1.89 bits per heavy atom. The molecule has 0 saturated carbocycles. The molecule has 3 nitrogen and oxygen atoms in total. The molecule has 1 saturated heterocycles. The molecule has 1 heterocycles. The second-order valence-corrected chi connectivity index (χ2v) is 7.03. The van der Waals surface area contributed by atoms with Gasteiger partial charge in [0.2, 0.25) is 0 Å². The Hall–Kier alpha value is -0.390. The van der Waals surface area contributed by atoms with Gasteiger partial charge in [0.05, 0.1) is 0 Å². The number of halogens is 2. The lowest BCUT2D eigenvalue weighted by Crippen LogP contribution is -2.58. The van der Waals surface area contributed by atoms with Gasteiger partial charge in [0.15, 0.2) is 0 Å². The number of piperazine rings is 1. The zero-order valence-corrected chi connectivity index (χ0v) is 13.6. The summed E-state index contributed by atoms with van der Waals surface area (Å²) in [5, 5.41) is 3.41. The van der Waals surface area contributed by atoms with Crippen molar-refractivity contribution in [2.75, 3.05) is 19.6 Å². The normalized spacial score (nSPS) is 18.8. The van der Waals surface area contributed by atoms with Crippen LogP contribution in [0.3, 0.4) is 0 Å². The number of nitrogens with zero attached hydrogens (tertiary/aromatic N) is 1. The topological polar surface area (TPSA) is 32.3 Å². The van der Waals surface area contributed by atoms with Crippen LogP contribution in [0.25, 0.3) is 0 Å². The number of carbonyl (C=O) groups is 1. The van der Waals surface area contributed by atoms with Gasteiger partial charge >= 0.3 is 0 Å². The van der Waals surface area contributed by atoms with Crippen molar-refractivity contribution in [1.29, 1.82) is 0 Å². The van der Waals surface area contributed by atoms with Crippen LogP contribution in [-0.4, -0.2) is 36.0 Å². The minimum Gasteiger partial charge on any atom is -0.336 e. The molecule has 5 heteroatoms. The van der Waals surface area contributed by atoms with Crippen LogP contribution < -0.4 is 5.32 Å². The van der Waals surface area contributed by atoms with Crippen molar-refractivity contribution in [2.45, 2.75) is 19.4 Å². The van der Waals surface area contributed by atoms with Crippen LogP contribution in [0.5, 0.6) is 0 Å². The standard InChI is InChI=1S/C13H16Br2N2O/c1-13(2)8-17(4-3-16-13)12(18)9-5-10(14)7-11(15)6-9/h5-7,16H,3-4,8H2,1-2H3. The maximum atomic E-state index is 12.4. The maximum Gasteiger partial charge on any atom is 0.254 e. The molecule has 0 aromatic heterocycles. The molecule has 1 aliphatic rings. The smallest absolute Gasteiger partial charge is 0.254 e. The first-order chi connectivity index (χ1) is 8.37. The van der Waals surface area contributed by atoms with Gasteiger partial charge in [-0.3, -0.25) is 4.79 Å². The molecular weight excluding hydrogens is 360 g/mol. The average Bonchev–Trinajstić information content (AvgIpc) is 2.25. The molecular formula is C13H16Br2N2O. The van der Waals surface area contributed by atoms with Gasteiger partial charge in [-0.25, -0.2) is 0 Å². The van der Waals surface area contributed by atoms with Gasteiger partial charge < -0.3 is 10.2 Å². The summed E-state index contributed by atoms with van der Waals surface area (Å²) in [5.74, 6) is 0.0894. The lowest BCUT2D eigenvalue weighted by molar-refractivity contribution is 0.0652. The molecule has 1 amide bonds. The van der Waals surface area contributed by atoms with Crippen molar-refractivity contribution in [1.82, 2.24) is 10.2 Å². The molecule has 0 atom stereocenters. The van der Waals surface area contributed by atoms with Crippen LogP contribution in [0.2, 0.25) is 0 Å². The first-order valence-corrected chi connectivity index (χ1v) is 7.46. The average molecular weight is 376 g/mol. The highest BCUT2D eigenvalue weighted by atomic mass is 79.9. The van der Waals surface area contributed by atoms with E-state index in [4.69, 9.17) is 0 Å². The Labute approximate surface area is 124 Å². The van der Waals surface area contributed by atoms with Gasteiger partial charge in [0.25, 0.3) is 5.91 Å². The lowest BCUT2D eigenvalue weighted by atomic mass is 10.0. The van der Waals surface area contributed by atoms with E-state index in [-0.39, 0.29) is 11.4 Å². The second-order valence-electron chi connectivity index (χ2n) is 5.20. The lowest BCUT2D eigenvalue weighted by Gasteiger charge is -2.39. The van der Waals surface area contributed by atoms with Gasteiger partial charge in [-0.2, -0.15) is 0 Å². The van der Waals surface area contributed by atoms with Gasteiger partial charge in [-0.1, -0.05) is 31.9 Å². The minimum absolute atomic E-state index is 0.0167. The molecule has 18 heavy (non-hydrogen) atoms. The Morgan fingerprint density at radius 1 is 1.28 bits per heavy atom. The quantitative estimate of drug-likeness (QED) is 0.818. The molecule has 1 N–H and O–H groups in total. The number of rotatable bonds is 1. The highest BCUT2D eigenvalue weighted by Gasteiger charge is 2.29. The second kappa shape index (κ2) is 5.31. The summed E-state index contributed by atoms with van der Waals surface area (Å²) in [6.07, 6.45) is 0. The molecule has 0 aliphatic carbocycles. The monoisotopic (exact) mass is 374 g/mol. The summed E-state index contributed by atoms with van der Waals surface area (Å²) in [7, 11) is 0. The van der Waals surface area contributed by atoms with Gasteiger partial charge in [0.1, 0.15) is 0 Å².